The van der Waals surface area contributed by atoms with Gasteiger partial charge in [0.05, 0.1) is 25.9 Å². The highest BCUT2D eigenvalue weighted by atomic mass is 16.5. The van der Waals surface area contributed by atoms with Crippen molar-refractivity contribution in [2.24, 2.45) is 5.92 Å². The maximum atomic E-state index is 11.8. The summed E-state index contributed by atoms with van der Waals surface area (Å²) in [4.78, 5) is 11.8. The Labute approximate surface area is 103 Å². The Morgan fingerprint density at radius 3 is 2.94 bits per heavy atom. The minimum absolute atomic E-state index is 0.0403. The lowest BCUT2D eigenvalue weighted by Gasteiger charge is -2.17. The molecule has 0 bridgehead atoms. The highest BCUT2D eigenvalue weighted by molar-refractivity contribution is 5.81. The third-order valence-electron chi connectivity index (χ3n) is 3.23. The van der Waals surface area contributed by atoms with Crippen LogP contribution in [0, 0.1) is 5.92 Å². The number of carbonyl (C=O) groups excluding carboxylic acids is 1. The van der Waals surface area contributed by atoms with Crippen molar-refractivity contribution in [3.8, 4) is 0 Å². The number of ether oxygens (including phenoxy) is 2. The summed E-state index contributed by atoms with van der Waals surface area (Å²) in [6.45, 7) is 1.33. The van der Waals surface area contributed by atoms with Gasteiger partial charge in [0.25, 0.3) is 0 Å². The van der Waals surface area contributed by atoms with Crippen molar-refractivity contribution in [3.05, 3.63) is 0 Å². The van der Waals surface area contributed by atoms with Gasteiger partial charge in [0.2, 0.25) is 0 Å². The number of Topliss-reactive ketones (excluding diaryl/α,β-unsaturated/α-hetero) is 1. The van der Waals surface area contributed by atoms with Gasteiger partial charge >= 0.3 is 0 Å². The number of carbonyl (C=O) groups is 1. The van der Waals surface area contributed by atoms with Crippen LogP contribution in [0.4, 0.5) is 0 Å². The van der Waals surface area contributed by atoms with Crippen LogP contribution in [0.15, 0.2) is 0 Å². The third kappa shape index (κ3) is 6.15. The molecule has 0 aromatic rings. The molecule has 1 N–H and O–H groups in total. The first-order valence-corrected chi connectivity index (χ1v) is 6.51. The summed E-state index contributed by atoms with van der Waals surface area (Å²) in [6.07, 6.45) is 4.88. The predicted octanol–water partition coefficient (Wildman–Crippen LogP) is 1.55. The van der Waals surface area contributed by atoms with Gasteiger partial charge in [-0.05, 0) is 19.3 Å². The second kappa shape index (κ2) is 8.61. The van der Waals surface area contributed by atoms with Crippen LogP contribution in [0.1, 0.15) is 38.5 Å². The van der Waals surface area contributed by atoms with Gasteiger partial charge in [-0.15, -0.1) is 0 Å². The average molecular weight is 244 g/mol. The first-order chi connectivity index (χ1) is 8.24. The van der Waals surface area contributed by atoms with Gasteiger partial charge in [0, 0.05) is 19.4 Å². The molecule has 17 heavy (non-hydrogen) atoms. The van der Waals surface area contributed by atoms with Crippen molar-refractivity contribution >= 4 is 5.78 Å². The van der Waals surface area contributed by atoms with Crippen LogP contribution in [0.25, 0.3) is 0 Å². The summed E-state index contributed by atoms with van der Waals surface area (Å²) in [6, 6.07) is 0. The number of rotatable bonds is 7. The molecule has 100 valence electrons. The lowest BCUT2D eigenvalue weighted by molar-refractivity contribution is -0.124. The molecular formula is C13H24O4. The van der Waals surface area contributed by atoms with Crippen LogP contribution in [-0.2, 0) is 14.3 Å². The monoisotopic (exact) mass is 244 g/mol. The van der Waals surface area contributed by atoms with Crippen LogP contribution in [0.5, 0.6) is 0 Å². The topological polar surface area (TPSA) is 55.8 Å². The quantitative estimate of drug-likeness (QED) is 0.545. The molecular weight excluding hydrogens is 220 g/mol. The molecule has 0 saturated heterocycles. The van der Waals surface area contributed by atoms with Gasteiger partial charge in [0.15, 0.2) is 0 Å². The molecule has 4 nitrogen and oxygen atoms in total. The van der Waals surface area contributed by atoms with Crippen molar-refractivity contribution in [1.29, 1.82) is 0 Å². The number of ketones is 1. The summed E-state index contributed by atoms with van der Waals surface area (Å²) in [5.74, 6) is 0.358. The number of methoxy groups -OCH3 is 1. The second-order valence-electron chi connectivity index (χ2n) is 4.72. The van der Waals surface area contributed by atoms with Gasteiger partial charge in [-0.3, -0.25) is 4.79 Å². The summed E-state index contributed by atoms with van der Waals surface area (Å²) in [5, 5.41) is 9.79. The van der Waals surface area contributed by atoms with Gasteiger partial charge in [0.1, 0.15) is 5.78 Å². The lowest BCUT2D eigenvalue weighted by Crippen LogP contribution is -2.24. The summed E-state index contributed by atoms with van der Waals surface area (Å²) >= 11 is 0. The minimum Gasteiger partial charge on any atom is -0.391 e. The van der Waals surface area contributed by atoms with Crippen molar-refractivity contribution < 1.29 is 19.4 Å². The highest BCUT2D eigenvalue weighted by Gasteiger charge is 2.23. The van der Waals surface area contributed by atoms with E-state index in [1.165, 1.54) is 0 Å². The van der Waals surface area contributed by atoms with Crippen LogP contribution < -0.4 is 0 Å². The molecule has 1 aliphatic carbocycles. The Balaban J connectivity index is 2.19. The SMILES string of the molecule is COCCOCC(O)CC1CCCCCC1=O. The Bertz CT molecular complexity index is 217. The predicted molar refractivity (Wildman–Crippen MR) is 64.9 cm³/mol. The fourth-order valence-electron chi connectivity index (χ4n) is 2.24. The Morgan fingerprint density at radius 1 is 1.35 bits per heavy atom. The highest BCUT2D eigenvalue weighted by Crippen LogP contribution is 2.23. The molecule has 4 heteroatoms. The normalized spacial score (nSPS) is 23.4. The van der Waals surface area contributed by atoms with Gasteiger partial charge in [-0.2, -0.15) is 0 Å². The third-order valence-corrected chi connectivity index (χ3v) is 3.23. The molecule has 1 fully saturated rings. The fourth-order valence-corrected chi connectivity index (χ4v) is 2.24. The molecule has 1 aliphatic rings. The van der Waals surface area contributed by atoms with Gasteiger partial charge in [-0.25, -0.2) is 0 Å². The van der Waals surface area contributed by atoms with Crippen LogP contribution in [0.3, 0.4) is 0 Å². The smallest absolute Gasteiger partial charge is 0.136 e. The molecule has 0 aromatic heterocycles. The van der Waals surface area contributed by atoms with E-state index in [0.29, 0.717) is 38.4 Å². The van der Waals surface area contributed by atoms with Crippen molar-refractivity contribution in [2.75, 3.05) is 26.9 Å². The summed E-state index contributed by atoms with van der Waals surface area (Å²) in [7, 11) is 1.62. The first kappa shape index (κ1) is 14.6. The summed E-state index contributed by atoms with van der Waals surface area (Å²) in [5.41, 5.74) is 0. The standard InChI is InChI=1S/C13H24O4/c1-16-7-8-17-10-12(14)9-11-5-3-2-4-6-13(11)15/h11-12,14H,2-10H2,1H3. The van der Waals surface area contributed by atoms with Crippen molar-refractivity contribution in [1.82, 2.24) is 0 Å². The first-order valence-electron chi connectivity index (χ1n) is 6.51. The van der Waals surface area contributed by atoms with E-state index in [9.17, 15) is 9.90 Å². The average Bonchev–Trinajstić information content (AvgIpc) is 2.51. The molecule has 0 aromatic carbocycles. The Kier molecular flexibility index (Phi) is 7.40. The molecule has 2 atom stereocenters. The maximum Gasteiger partial charge on any atom is 0.136 e. The van der Waals surface area contributed by atoms with Crippen LogP contribution in [0.2, 0.25) is 0 Å². The van der Waals surface area contributed by atoms with E-state index in [-0.39, 0.29) is 5.92 Å². The van der Waals surface area contributed by atoms with E-state index in [1.807, 2.05) is 0 Å². The minimum atomic E-state index is -0.529. The molecule has 1 rings (SSSR count). The van der Waals surface area contributed by atoms with E-state index in [2.05, 4.69) is 0 Å². The zero-order chi connectivity index (χ0) is 12.5. The number of aliphatic hydroxyl groups excluding tert-OH is 1. The largest absolute Gasteiger partial charge is 0.391 e. The van der Waals surface area contributed by atoms with Crippen molar-refractivity contribution in [3.63, 3.8) is 0 Å². The van der Waals surface area contributed by atoms with Crippen LogP contribution in [-0.4, -0.2) is 43.9 Å². The summed E-state index contributed by atoms with van der Waals surface area (Å²) < 4.78 is 10.1. The molecule has 0 heterocycles. The molecule has 1 saturated carbocycles. The van der Waals surface area contributed by atoms with Gasteiger partial charge in [-0.1, -0.05) is 12.8 Å². The Hall–Kier alpha value is -0.450. The van der Waals surface area contributed by atoms with E-state index in [4.69, 9.17) is 9.47 Å². The maximum absolute atomic E-state index is 11.8. The van der Waals surface area contributed by atoms with Crippen LogP contribution >= 0.6 is 0 Å². The second-order valence-corrected chi connectivity index (χ2v) is 4.72. The van der Waals surface area contributed by atoms with E-state index < -0.39 is 6.10 Å². The number of aliphatic hydroxyl groups is 1. The zero-order valence-electron chi connectivity index (χ0n) is 10.7. The lowest BCUT2D eigenvalue weighted by atomic mass is 9.93. The number of hydrogen-bond acceptors (Lipinski definition) is 4. The van der Waals surface area contributed by atoms with Gasteiger partial charge < -0.3 is 14.6 Å². The van der Waals surface area contributed by atoms with E-state index >= 15 is 0 Å². The molecule has 0 spiro atoms. The molecule has 0 amide bonds. The van der Waals surface area contributed by atoms with Crippen molar-refractivity contribution in [2.45, 2.75) is 44.6 Å². The van der Waals surface area contributed by atoms with E-state index in [0.717, 1.165) is 25.7 Å². The number of hydrogen-bond donors (Lipinski definition) is 1. The molecule has 0 aliphatic heterocycles. The molecule has 0 radical (unpaired) electrons. The van der Waals surface area contributed by atoms with E-state index in [1.54, 1.807) is 7.11 Å². The Morgan fingerprint density at radius 2 is 2.18 bits per heavy atom. The molecule has 2 unspecified atom stereocenters. The zero-order valence-corrected chi connectivity index (χ0v) is 10.7. The fraction of sp³-hybridized carbons (Fsp3) is 0.923.